The smallest absolute Gasteiger partial charge is 0.272 e. The number of aryl methyl sites for hydroxylation is 2. The predicted octanol–water partition coefficient (Wildman–Crippen LogP) is 2.41. The Bertz CT molecular complexity index is 645. The molecule has 3 rings (SSSR count). The molecule has 0 saturated carbocycles. The van der Waals surface area contributed by atoms with E-state index in [1.807, 2.05) is 30.9 Å². The second-order valence-electron chi connectivity index (χ2n) is 5.23. The quantitative estimate of drug-likeness (QED) is 0.839. The molecular weight excluding hydrogens is 250 g/mol. The lowest BCUT2D eigenvalue weighted by Crippen LogP contribution is -2.37. The van der Waals surface area contributed by atoms with E-state index in [0.717, 1.165) is 25.2 Å². The van der Waals surface area contributed by atoms with E-state index in [1.165, 1.54) is 11.1 Å². The Hall–Kier alpha value is -2.10. The molecule has 2 aromatic rings. The lowest BCUT2D eigenvalue weighted by molar-refractivity contribution is 0.0722. The molecule has 2 heterocycles. The summed E-state index contributed by atoms with van der Waals surface area (Å²) in [6, 6.07) is 10.2. The van der Waals surface area contributed by atoms with Gasteiger partial charge < -0.3 is 4.90 Å². The highest BCUT2D eigenvalue weighted by molar-refractivity contribution is 5.92. The van der Waals surface area contributed by atoms with E-state index in [-0.39, 0.29) is 5.91 Å². The SMILES string of the molecule is CCn1nc(C)cc1C(=O)N1CCc2ccccc2C1. The third kappa shape index (κ3) is 2.22. The Morgan fingerprint density at radius 1 is 1.30 bits per heavy atom. The summed E-state index contributed by atoms with van der Waals surface area (Å²) in [5, 5.41) is 4.36. The topological polar surface area (TPSA) is 38.1 Å². The standard InChI is InChI=1S/C16H19N3O/c1-3-19-15(10-12(2)17-19)16(20)18-9-8-13-6-4-5-7-14(13)11-18/h4-7,10H,3,8-9,11H2,1-2H3. The third-order valence-electron chi connectivity index (χ3n) is 3.84. The molecular formula is C16H19N3O. The summed E-state index contributed by atoms with van der Waals surface area (Å²) in [5.74, 6) is 0.0851. The number of aromatic nitrogens is 2. The Morgan fingerprint density at radius 3 is 2.80 bits per heavy atom. The molecule has 0 fully saturated rings. The van der Waals surface area contributed by atoms with Crippen molar-refractivity contribution < 1.29 is 4.79 Å². The average Bonchev–Trinajstić information content (AvgIpc) is 2.87. The zero-order chi connectivity index (χ0) is 14.1. The fourth-order valence-electron chi connectivity index (χ4n) is 2.79. The van der Waals surface area contributed by atoms with Gasteiger partial charge in [-0.3, -0.25) is 9.48 Å². The molecule has 4 heteroatoms. The lowest BCUT2D eigenvalue weighted by Gasteiger charge is -2.28. The van der Waals surface area contributed by atoms with Gasteiger partial charge in [0.05, 0.1) is 5.69 Å². The highest BCUT2D eigenvalue weighted by Gasteiger charge is 2.24. The summed E-state index contributed by atoms with van der Waals surface area (Å²) < 4.78 is 1.79. The summed E-state index contributed by atoms with van der Waals surface area (Å²) in [5.41, 5.74) is 4.21. The van der Waals surface area contributed by atoms with Crippen molar-refractivity contribution in [3.63, 3.8) is 0 Å². The largest absolute Gasteiger partial charge is 0.333 e. The number of nitrogens with zero attached hydrogens (tertiary/aromatic N) is 3. The van der Waals surface area contributed by atoms with Crippen molar-refractivity contribution in [1.29, 1.82) is 0 Å². The van der Waals surface area contributed by atoms with Gasteiger partial charge in [-0.05, 0) is 37.5 Å². The maximum absolute atomic E-state index is 12.7. The zero-order valence-corrected chi connectivity index (χ0v) is 12.0. The van der Waals surface area contributed by atoms with E-state index < -0.39 is 0 Å². The van der Waals surface area contributed by atoms with Crippen molar-refractivity contribution in [3.05, 3.63) is 52.8 Å². The van der Waals surface area contributed by atoms with Gasteiger partial charge in [-0.1, -0.05) is 24.3 Å². The highest BCUT2D eigenvalue weighted by atomic mass is 16.2. The van der Waals surface area contributed by atoms with E-state index in [9.17, 15) is 4.79 Å². The van der Waals surface area contributed by atoms with Crippen molar-refractivity contribution in [3.8, 4) is 0 Å². The van der Waals surface area contributed by atoms with Gasteiger partial charge in [-0.25, -0.2) is 0 Å². The van der Waals surface area contributed by atoms with Crippen molar-refractivity contribution in [2.75, 3.05) is 6.54 Å². The van der Waals surface area contributed by atoms with Crippen LogP contribution in [0, 0.1) is 6.92 Å². The maximum Gasteiger partial charge on any atom is 0.272 e. The summed E-state index contributed by atoms with van der Waals surface area (Å²) in [6.45, 7) is 6.13. The number of amides is 1. The van der Waals surface area contributed by atoms with Gasteiger partial charge in [0.15, 0.2) is 0 Å². The van der Waals surface area contributed by atoms with Crippen LogP contribution >= 0.6 is 0 Å². The van der Waals surface area contributed by atoms with Gasteiger partial charge in [0.25, 0.3) is 5.91 Å². The molecule has 0 N–H and O–H groups in total. The molecule has 1 aromatic carbocycles. The minimum Gasteiger partial charge on any atom is -0.333 e. The van der Waals surface area contributed by atoms with Crippen molar-refractivity contribution in [2.45, 2.75) is 33.4 Å². The summed E-state index contributed by atoms with van der Waals surface area (Å²) in [6.07, 6.45) is 0.932. The summed E-state index contributed by atoms with van der Waals surface area (Å²) in [7, 11) is 0. The van der Waals surface area contributed by atoms with E-state index in [4.69, 9.17) is 0 Å². The molecule has 1 aromatic heterocycles. The number of benzene rings is 1. The average molecular weight is 269 g/mol. The molecule has 1 aliphatic rings. The Balaban J connectivity index is 1.85. The lowest BCUT2D eigenvalue weighted by atomic mass is 10.00. The normalized spacial score (nSPS) is 14.2. The van der Waals surface area contributed by atoms with E-state index in [2.05, 4.69) is 23.3 Å². The maximum atomic E-state index is 12.7. The number of fused-ring (bicyclic) bond motifs is 1. The molecule has 20 heavy (non-hydrogen) atoms. The zero-order valence-electron chi connectivity index (χ0n) is 12.0. The first-order valence-corrected chi connectivity index (χ1v) is 7.09. The number of rotatable bonds is 2. The monoisotopic (exact) mass is 269 g/mol. The minimum atomic E-state index is 0.0851. The Kier molecular flexibility index (Phi) is 3.30. The molecule has 1 amide bonds. The molecule has 0 atom stereocenters. The van der Waals surface area contributed by atoms with Crippen LogP contribution in [0.15, 0.2) is 30.3 Å². The number of hydrogen-bond donors (Lipinski definition) is 0. The third-order valence-corrected chi connectivity index (χ3v) is 3.84. The Morgan fingerprint density at radius 2 is 2.05 bits per heavy atom. The van der Waals surface area contributed by atoms with Crippen molar-refractivity contribution >= 4 is 5.91 Å². The molecule has 104 valence electrons. The van der Waals surface area contributed by atoms with Gasteiger partial charge in [0.2, 0.25) is 0 Å². The predicted molar refractivity (Wildman–Crippen MR) is 77.5 cm³/mol. The first-order valence-electron chi connectivity index (χ1n) is 7.09. The molecule has 0 radical (unpaired) electrons. The van der Waals surface area contributed by atoms with Gasteiger partial charge in [0, 0.05) is 19.6 Å². The molecule has 0 bridgehead atoms. The fourth-order valence-corrected chi connectivity index (χ4v) is 2.79. The first-order chi connectivity index (χ1) is 9.69. The number of carbonyl (C=O) groups is 1. The van der Waals surface area contributed by atoms with Crippen LogP contribution in [-0.2, 0) is 19.5 Å². The van der Waals surface area contributed by atoms with Crippen LogP contribution in [0.4, 0.5) is 0 Å². The van der Waals surface area contributed by atoms with Crippen LogP contribution in [0.5, 0.6) is 0 Å². The minimum absolute atomic E-state index is 0.0851. The van der Waals surface area contributed by atoms with Crippen LogP contribution < -0.4 is 0 Å². The Labute approximate surface area is 119 Å². The molecule has 4 nitrogen and oxygen atoms in total. The van der Waals surface area contributed by atoms with Gasteiger partial charge in [0.1, 0.15) is 5.69 Å². The second-order valence-corrected chi connectivity index (χ2v) is 5.23. The van der Waals surface area contributed by atoms with Crippen LogP contribution in [0.2, 0.25) is 0 Å². The van der Waals surface area contributed by atoms with E-state index in [1.54, 1.807) is 4.68 Å². The van der Waals surface area contributed by atoms with Crippen LogP contribution in [-0.4, -0.2) is 27.1 Å². The fraction of sp³-hybridized carbons (Fsp3) is 0.375. The first kappa shape index (κ1) is 12.9. The van der Waals surface area contributed by atoms with Crippen molar-refractivity contribution in [1.82, 2.24) is 14.7 Å². The molecule has 0 aliphatic carbocycles. The van der Waals surface area contributed by atoms with Crippen LogP contribution in [0.3, 0.4) is 0 Å². The highest BCUT2D eigenvalue weighted by Crippen LogP contribution is 2.20. The summed E-state index contributed by atoms with van der Waals surface area (Å²) >= 11 is 0. The number of carbonyl (C=O) groups excluding carboxylic acids is 1. The molecule has 0 unspecified atom stereocenters. The van der Waals surface area contributed by atoms with Crippen LogP contribution in [0.1, 0.15) is 34.2 Å². The van der Waals surface area contributed by atoms with Crippen LogP contribution in [0.25, 0.3) is 0 Å². The second kappa shape index (κ2) is 5.12. The van der Waals surface area contributed by atoms with Gasteiger partial charge in [-0.15, -0.1) is 0 Å². The molecule has 1 aliphatic heterocycles. The molecule has 0 spiro atoms. The summed E-state index contributed by atoms with van der Waals surface area (Å²) in [4.78, 5) is 14.6. The van der Waals surface area contributed by atoms with Gasteiger partial charge >= 0.3 is 0 Å². The van der Waals surface area contributed by atoms with Crippen molar-refractivity contribution in [2.24, 2.45) is 0 Å². The number of hydrogen-bond acceptors (Lipinski definition) is 2. The van der Waals surface area contributed by atoms with E-state index in [0.29, 0.717) is 12.2 Å². The van der Waals surface area contributed by atoms with Gasteiger partial charge in [-0.2, -0.15) is 5.10 Å². The van der Waals surface area contributed by atoms with E-state index >= 15 is 0 Å². The molecule has 0 saturated heterocycles.